The molecule has 0 saturated heterocycles. The summed E-state index contributed by atoms with van der Waals surface area (Å²) in [4.78, 5) is 4.60. The van der Waals surface area contributed by atoms with Gasteiger partial charge in [-0.3, -0.25) is 4.98 Å². The highest BCUT2D eigenvalue weighted by Gasteiger charge is 2.16. The van der Waals surface area contributed by atoms with E-state index in [1.165, 1.54) is 16.2 Å². The molecule has 0 aliphatic rings. The van der Waals surface area contributed by atoms with E-state index < -0.39 is 5.89 Å². The largest absolute Gasteiger partial charge is 0.455 e. The van der Waals surface area contributed by atoms with Crippen LogP contribution in [0, 0.1) is 0 Å². The number of rotatable bonds is 2. The molecule has 144 valence electrons. The summed E-state index contributed by atoms with van der Waals surface area (Å²) in [6, 6.07) is 27.2. The summed E-state index contributed by atoms with van der Waals surface area (Å²) >= 11 is 0. The molecule has 6 aromatic rings. The van der Waals surface area contributed by atoms with Crippen LogP contribution in [0.25, 0.3) is 54.7 Å². The number of hydrogen-bond acceptors (Lipinski definition) is 2. The normalized spacial score (nSPS) is 12.8. The number of aromatic nitrogens is 1. The molecule has 2 heterocycles. The molecule has 0 fully saturated rings. The van der Waals surface area contributed by atoms with E-state index in [1.807, 2.05) is 32.0 Å². The van der Waals surface area contributed by atoms with Crippen LogP contribution in [0.15, 0.2) is 89.5 Å². The van der Waals surface area contributed by atoms with Crippen molar-refractivity contribution in [3.63, 3.8) is 0 Å². The van der Waals surface area contributed by atoms with Gasteiger partial charge in [-0.15, -0.1) is 0 Å². The number of para-hydroxylation sites is 1. The van der Waals surface area contributed by atoms with Crippen molar-refractivity contribution in [2.24, 2.45) is 0 Å². The lowest BCUT2D eigenvalue weighted by atomic mass is 9.99. The Labute approximate surface area is 176 Å². The van der Waals surface area contributed by atoms with Gasteiger partial charge in [-0.25, -0.2) is 0 Å². The first kappa shape index (κ1) is 16.2. The van der Waals surface area contributed by atoms with Crippen LogP contribution in [0.3, 0.4) is 0 Å². The van der Waals surface area contributed by atoms with E-state index in [0.29, 0.717) is 0 Å². The fraction of sp³-hybridized carbons (Fsp3) is 0.107. The van der Waals surface area contributed by atoms with E-state index in [0.717, 1.165) is 44.1 Å². The topological polar surface area (TPSA) is 26.0 Å². The highest BCUT2D eigenvalue weighted by atomic mass is 16.3. The second kappa shape index (κ2) is 6.43. The maximum atomic E-state index is 8.39. The second-order valence-electron chi connectivity index (χ2n) is 8.04. The minimum atomic E-state index is -0.684. The first-order chi connectivity index (χ1) is 15.0. The molecule has 0 N–H and O–H groups in total. The summed E-state index contributed by atoms with van der Waals surface area (Å²) in [5.74, 6) is -0.684. The number of pyridine rings is 1. The quantitative estimate of drug-likeness (QED) is 0.280. The van der Waals surface area contributed by atoms with Crippen LogP contribution in [0.2, 0.25) is 0 Å². The van der Waals surface area contributed by atoms with Crippen LogP contribution in [0.4, 0.5) is 0 Å². The van der Waals surface area contributed by atoms with Crippen molar-refractivity contribution < 1.29 is 5.79 Å². The van der Waals surface area contributed by atoms with E-state index in [2.05, 4.69) is 65.6 Å². The Kier molecular flexibility index (Phi) is 3.47. The van der Waals surface area contributed by atoms with Gasteiger partial charge in [0.1, 0.15) is 11.2 Å². The standard InChI is InChI=1S/C28H21NO/c1-17(2)19-14-15-29-26(16-19)25-9-5-8-22-24-13-12-21-20-7-4-3-6-18(20)10-11-23(21)27(24)30-28(22)25/h3-17H,1-2H3/i17D. The molecule has 2 heteroatoms. The molecule has 4 aromatic carbocycles. The molecule has 6 rings (SSSR count). The van der Waals surface area contributed by atoms with Gasteiger partial charge in [0.2, 0.25) is 0 Å². The van der Waals surface area contributed by atoms with Crippen molar-refractivity contribution in [1.29, 1.82) is 0 Å². The van der Waals surface area contributed by atoms with Gasteiger partial charge in [0.25, 0.3) is 0 Å². The van der Waals surface area contributed by atoms with Gasteiger partial charge in [0.15, 0.2) is 0 Å². The fourth-order valence-electron chi connectivity index (χ4n) is 4.43. The van der Waals surface area contributed by atoms with Crippen LogP contribution in [0.1, 0.15) is 26.7 Å². The lowest BCUT2D eigenvalue weighted by molar-refractivity contribution is 0.673. The number of hydrogen-bond donors (Lipinski definition) is 0. The van der Waals surface area contributed by atoms with Crippen molar-refractivity contribution >= 4 is 43.5 Å². The van der Waals surface area contributed by atoms with E-state index in [-0.39, 0.29) is 0 Å². The van der Waals surface area contributed by atoms with Gasteiger partial charge >= 0.3 is 0 Å². The molecule has 0 radical (unpaired) electrons. The minimum absolute atomic E-state index is 0.684. The van der Waals surface area contributed by atoms with Crippen molar-refractivity contribution in [2.45, 2.75) is 19.7 Å². The second-order valence-corrected chi connectivity index (χ2v) is 8.04. The molecule has 30 heavy (non-hydrogen) atoms. The Morgan fingerprint density at radius 1 is 0.733 bits per heavy atom. The molecule has 0 saturated carbocycles. The maximum absolute atomic E-state index is 8.39. The van der Waals surface area contributed by atoms with E-state index >= 15 is 0 Å². The van der Waals surface area contributed by atoms with E-state index in [1.54, 1.807) is 6.20 Å². The highest BCUT2D eigenvalue weighted by molar-refractivity contribution is 6.21. The zero-order chi connectivity index (χ0) is 21.2. The van der Waals surface area contributed by atoms with Gasteiger partial charge in [-0.05, 0) is 57.9 Å². The molecule has 0 spiro atoms. The van der Waals surface area contributed by atoms with Gasteiger partial charge in [-0.2, -0.15) is 0 Å². The first-order valence-corrected chi connectivity index (χ1v) is 10.2. The molecule has 2 aromatic heterocycles. The zero-order valence-electron chi connectivity index (χ0n) is 17.9. The van der Waals surface area contributed by atoms with Gasteiger partial charge < -0.3 is 4.42 Å². The molecular weight excluding hydrogens is 366 g/mol. The van der Waals surface area contributed by atoms with Crippen molar-refractivity contribution in [3.8, 4) is 11.3 Å². The van der Waals surface area contributed by atoms with Crippen molar-refractivity contribution in [1.82, 2.24) is 4.98 Å². The van der Waals surface area contributed by atoms with Gasteiger partial charge in [-0.1, -0.05) is 62.4 Å². The molecule has 0 aliphatic carbocycles. The van der Waals surface area contributed by atoms with E-state index in [4.69, 9.17) is 5.79 Å². The highest BCUT2D eigenvalue weighted by Crippen LogP contribution is 2.40. The smallest absolute Gasteiger partial charge is 0.144 e. The summed E-state index contributed by atoms with van der Waals surface area (Å²) in [6.07, 6.45) is 1.78. The van der Waals surface area contributed by atoms with Crippen LogP contribution in [-0.4, -0.2) is 4.98 Å². The Hall–Kier alpha value is -3.65. The summed E-state index contributed by atoms with van der Waals surface area (Å²) < 4.78 is 14.9. The Morgan fingerprint density at radius 3 is 2.37 bits per heavy atom. The lowest BCUT2D eigenvalue weighted by Crippen LogP contribution is -1.90. The van der Waals surface area contributed by atoms with E-state index in [9.17, 15) is 0 Å². The van der Waals surface area contributed by atoms with Crippen molar-refractivity contribution in [3.05, 3.63) is 90.6 Å². The SMILES string of the molecule is [2H]C(C)(C)c1ccnc(-c2cccc3c2oc2c3ccc3c4ccccc4ccc32)c1. The van der Waals surface area contributed by atoms with Crippen LogP contribution in [0.5, 0.6) is 0 Å². The lowest BCUT2D eigenvalue weighted by Gasteiger charge is -2.07. The third-order valence-corrected chi connectivity index (χ3v) is 6.00. The predicted octanol–water partition coefficient (Wildman–Crippen LogP) is 8.08. The molecule has 2 nitrogen and oxygen atoms in total. The monoisotopic (exact) mass is 388 g/mol. The fourth-order valence-corrected chi connectivity index (χ4v) is 4.43. The molecule has 0 amide bonds. The van der Waals surface area contributed by atoms with Crippen molar-refractivity contribution in [2.75, 3.05) is 0 Å². The third kappa shape index (κ3) is 2.47. The predicted molar refractivity (Wildman–Crippen MR) is 126 cm³/mol. The number of benzene rings is 4. The molecule has 0 unspecified atom stereocenters. The summed E-state index contributed by atoms with van der Waals surface area (Å²) in [5.41, 5.74) is 4.46. The van der Waals surface area contributed by atoms with Gasteiger partial charge in [0, 0.05) is 29.3 Å². The summed E-state index contributed by atoms with van der Waals surface area (Å²) in [7, 11) is 0. The number of furan rings is 1. The molecular formula is C28H21NO. The Morgan fingerprint density at radius 2 is 1.47 bits per heavy atom. The maximum Gasteiger partial charge on any atom is 0.144 e. The Balaban J connectivity index is 1.67. The molecule has 0 aliphatic heterocycles. The average Bonchev–Trinajstić information content (AvgIpc) is 3.17. The van der Waals surface area contributed by atoms with Crippen LogP contribution >= 0.6 is 0 Å². The third-order valence-electron chi connectivity index (χ3n) is 6.00. The molecule has 0 bridgehead atoms. The summed E-state index contributed by atoms with van der Waals surface area (Å²) in [6.45, 7) is 3.79. The zero-order valence-corrected chi connectivity index (χ0v) is 16.9. The average molecular weight is 388 g/mol. The first-order valence-electron chi connectivity index (χ1n) is 10.7. The minimum Gasteiger partial charge on any atom is -0.455 e. The number of fused-ring (bicyclic) bond motifs is 7. The van der Waals surface area contributed by atoms with Crippen LogP contribution in [-0.2, 0) is 0 Å². The number of nitrogens with zero attached hydrogens (tertiary/aromatic N) is 1. The molecule has 0 atom stereocenters. The van der Waals surface area contributed by atoms with Crippen LogP contribution < -0.4 is 0 Å². The Bertz CT molecular complexity index is 1620. The van der Waals surface area contributed by atoms with Gasteiger partial charge in [0.05, 0.1) is 5.69 Å². The summed E-state index contributed by atoms with van der Waals surface area (Å²) in [5, 5.41) is 6.96.